The second-order valence-corrected chi connectivity index (χ2v) is 6.74. The average Bonchev–Trinajstić information content (AvgIpc) is 3.21. The molecular formula is C21H18N4O3. The number of aromatic nitrogens is 2. The lowest BCUT2D eigenvalue weighted by Crippen LogP contribution is -2.36. The molecule has 7 heteroatoms. The molecule has 28 heavy (non-hydrogen) atoms. The van der Waals surface area contributed by atoms with Crippen LogP contribution in [0.3, 0.4) is 0 Å². The molecule has 0 aliphatic carbocycles. The lowest BCUT2D eigenvalue weighted by Gasteiger charge is -2.28. The quantitative estimate of drug-likeness (QED) is 0.759. The van der Waals surface area contributed by atoms with Gasteiger partial charge in [-0.25, -0.2) is 0 Å². The van der Waals surface area contributed by atoms with Crippen molar-refractivity contribution in [3.63, 3.8) is 0 Å². The van der Waals surface area contributed by atoms with Gasteiger partial charge in [0.2, 0.25) is 6.79 Å². The Morgan fingerprint density at radius 2 is 1.82 bits per heavy atom. The van der Waals surface area contributed by atoms with E-state index in [1.807, 2.05) is 35.2 Å². The number of carbonyl (C=O) groups excluding carboxylic acids is 1. The molecule has 0 saturated carbocycles. The third-order valence-corrected chi connectivity index (χ3v) is 4.95. The van der Waals surface area contributed by atoms with Crippen molar-refractivity contribution in [1.82, 2.24) is 15.1 Å². The van der Waals surface area contributed by atoms with E-state index in [1.54, 1.807) is 12.1 Å². The molecule has 0 spiro atoms. The van der Waals surface area contributed by atoms with Crippen molar-refractivity contribution in [2.45, 2.75) is 13.0 Å². The molecule has 5 rings (SSSR count). The minimum atomic E-state index is -0.100. The molecule has 0 saturated heterocycles. The number of rotatable bonds is 3. The molecule has 2 aromatic carbocycles. The van der Waals surface area contributed by atoms with Crippen molar-refractivity contribution in [2.24, 2.45) is 0 Å². The van der Waals surface area contributed by atoms with Crippen molar-refractivity contribution in [3.8, 4) is 11.5 Å². The Morgan fingerprint density at radius 1 is 0.964 bits per heavy atom. The van der Waals surface area contributed by atoms with Crippen LogP contribution in [0.15, 0.2) is 54.6 Å². The number of hydrogen-bond acceptors (Lipinski definition) is 6. The molecule has 3 heterocycles. The third-order valence-electron chi connectivity index (χ3n) is 4.95. The smallest absolute Gasteiger partial charge is 0.274 e. The molecule has 7 nitrogen and oxygen atoms in total. The van der Waals surface area contributed by atoms with Crippen molar-refractivity contribution in [3.05, 3.63) is 71.4 Å². The lowest BCUT2D eigenvalue weighted by atomic mass is 10.00. The van der Waals surface area contributed by atoms with Crippen LogP contribution >= 0.6 is 0 Å². The number of anilines is 2. The zero-order chi connectivity index (χ0) is 18.9. The first-order chi connectivity index (χ1) is 13.8. The summed E-state index contributed by atoms with van der Waals surface area (Å²) in [6.07, 6.45) is 0.860. The number of benzene rings is 2. The van der Waals surface area contributed by atoms with Crippen molar-refractivity contribution < 1.29 is 14.3 Å². The zero-order valence-corrected chi connectivity index (χ0v) is 15.1. The van der Waals surface area contributed by atoms with Gasteiger partial charge in [-0.1, -0.05) is 24.3 Å². The van der Waals surface area contributed by atoms with Crippen LogP contribution in [-0.2, 0) is 13.0 Å². The summed E-state index contributed by atoms with van der Waals surface area (Å²) >= 11 is 0. The topological polar surface area (TPSA) is 76.6 Å². The summed E-state index contributed by atoms with van der Waals surface area (Å²) in [5, 5.41) is 11.4. The van der Waals surface area contributed by atoms with Gasteiger partial charge in [0.1, 0.15) is 0 Å². The fourth-order valence-corrected chi connectivity index (χ4v) is 3.47. The summed E-state index contributed by atoms with van der Waals surface area (Å²) in [6, 6.07) is 17.2. The van der Waals surface area contributed by atoms with E-state index in [2.05, 4.69) is 27.6 Å². The van der Waals surface area contributed by atoms with E-state index in [9.17, 15) is 4.79 Å². The van der Waals surface area contributed by atoms with Gasteiger partial charge in [-0.2, -0.15) is 0 Å². The highest BCUT2D eigenvalue weighted by molar-refractivity contribution is 5.92. The van der Waals surface area contributed by atoms with Gasteiger partial charge in [-0.05, 0) is 41.8 Å². The molecule has 0 atom stereocenters. The zero-order valence-electron chi connectivity index (χ0n) is 15.1. The van der Waals surface area contributed by atoms with E-state index < -0.39 is 0 Å². The first kappa shape index (κ1) is 16.6. The fourth-order valence-electron chi connectivity index (χ4n) is 3.47. The molecule has 0 unspecified atom stereocenters. The first-order valence-corrected chi connectivity index (χ1v) is 9.13. The normalized spacial score (nSPS) is 14.5. The predicted molar refractivity (Wildman–Crippen MR) is 103 cm³/mol. The molecule has 1 N–H and O–H groups in total. The summed E-state index contributed by atoms with van der Waals surface area (Å²) in [7, 11) is 0. The van der Waals surface area contributed by atoms with Gasteiger partial charge in [0.05, 0.1) is 0 Å². The Labute approximate surface area is 161 Å². The molecule has 140 valence electrons. The van der Waals surface area contributed by atoms with E-state index in [-0.39, 0.29) is 12.7 Å². The van der Waals surface area contributed by atoms with Gasteiger partial charge in [-0.3, -0.25) is 4.79 Å². The number of ether oxygens (including phenoxy) is 2. The van der Waals surface area contributed by atoms with Crippen LogP contribution in [0.2, 0.25) is 0 Å². The van der Waals surface area contributed by atoms with E-state index in [4.69, 9.17) is 9.47 Å². The molecule has 2 aliphatic heterocycles. The number of hydrogen-bond donors (Lipinski definition) is 1. The van der Waals surface area contributed by atoms with Crippen LogP contribution in [0.25, 0.3) is 0 Å². The van der Waals surface area contributed by atoms with Crippen molar-refractivity contribution >= 4 is 17.4 Å². The van der Waals surface area contributed by atoms with Gasteiger partial charge in [0.25, 0.3) is 5.91 Å². The molecule has 3 aromatic rings. The molecule has 0 fully saturated rings. The van der Waals surface area contributed by atoms with Gasteiger partial charge in [-0.15, -0.1) is 10.2 Å². The second-order valence-electron chi connectivity index (χ2n) is 6.74. The Balaban J connectivity index is 1.28. The fraction of sp³-hybridized carbons (Fsp3) is 0.190. The second kappa shape index (κ2) is 6.84. The molecule has 1 amide bonds. The molecule has 1 aromatic heterocycles. The van der Waals surface area contributed by atoms with Crippen LogP contribution in [0.1, 0.15) is 21.6 Å². The molecule has 2 aliphatic rings. The number of carbonyl (C=O) groups is 1. The summed E-state index contributed by atoms with van der Waals surface area (Å²) in [5.74, 6) is 1.87. The highest BCUT2D eigenvalue weighted by Crippen LogP contribution is 2.34. The maximum atomic E-state index is 12.8. The van der Waals surface area contributed by atoms with Crippen LogP contribution in [0.5, 0.6) is 11.5 Å². The highest BCUT2D eigenvalue weighted by Gasteiger charge is 2.22. The minimum absolute atomic E-state index is 0.100. The van der Waals surface area contributed by atoms with Crippen LogP contribution in [0, 0.1) is 0 Å². The summed E-state index contributed by atoms with van der Waals surface area (Å²) in [5.41, 5.74) is 3.65. The predicted octanol–water partition coefficient (Wildman–Crippen LogP) is 3.15. The molecular weight excluding hydrogens is 356 g/mol. The molecule has 0 bridgehead atoms. The van der Waals surface area contributed by atoms with Gasteiger partial charge in [0, 0.05) is 24.8 Å². The number of nitrogens with one attached hydrogen (secondary N) is 1. The lowest BCUT2D eigenvalue weighted by molar-refractivity contribution is 0.0727. The monoisotopic (exact) mass is 374 g/mol. The SMILES string of the molecule is O=C(c1ccc(Nc2ccc3c(c2)OCO3)nn1)N1CCc2ccccc2C1. The van der Waals surface area contributed by atoms with Crippen molar-refractivity contribution in [2.75, 3.05) is 18.7 Å². The average molecular weight is 374 g/mol. The Morgan fingerprint density at radius 3 is 2.68 bits per heavy atom. The first-order valence-electron chi connectivity index (χ1n) is 9.13. The summed E-state index contributed by atoms with van der Waals surface area (Å²) < 4.78 is 10.7. The number of amides is 1. The Hall–Kier alpha value is -3.61. The third kappa shape index (κ3) is 3.11. The summed E-state index contributed by atoms with van der Waals surface area (Å²) in [6.45, 7) is 1.53. The van der Waals surface area contributed by atoms with E-state index in [1.165, 1.54) is 11.1 Å². The molecule has 0 radical (unpaired) electrons. The summed E-state index contributed by atoms with van der Waals surface area (Å²) in [4.78, 5) is 14.6. The van der Waals surface area contributed by atoms with E-state index in [0.717, 1.165) is 17.9 Å². The maximum Gasteiger partial charge on any atom is 0.274 e. The van der Waals surface area contributed by atoms with Gasteiger partial charge >= 0.3 is 0 Å². The van der Waals surface area contributed by atoms with E-state index >= 15 is 0 Å². The van der Waals surface area contributed by atoms with Gasteiger partial charge in [0.15, 0.2) is 23.0 Å². The Kier molecular flexibility index (Phi) is 4.05. The van der Waals surface area contributed by atoms with Crippen LogP contribution in [-0.4, -0.2) is 34.3 Å². The minimum Gasteiger partial charge on any atom is -0.454 e. The van der Waals surface area contributed by atoms with Crippen LogP contribution < -0.4 is 14.8 Å². The standard InChI is InChI=1S/C21H18N4O3/c26-21(25-10-9-14-3-1-2-4-15(14)12-25)17-6-8-20(24-23-17)22-16-5-7-18-19(11-16)28-13-27-18/h1-8,11H,9-10,12-13H2,(H,22,24). The number of nitrogens with zero attached hydrogens (tertiary/aromatic N) is 3. The van der Waals surface area contributed by atoms with E-state index in [0.29, 0.717) is 30.4 Å². The van der Waals surface area contributed by atoms with Crippen molar-refractivity contribution in [1.29, 1.82) is 0 Å². The largest absolute Gasteiger partial charge is 0.454 e. The highest BCUT2D eigenvalue weighted by atomic mass is 16.7. The van der Waals surface area contributed by atoms with Gasteiger partial charge < -0.3 is 19.7 Å². The number of fused-ring (bicyclic) bond motifs is 2. The Bertz CT molecular complexity index is 1040. The maximum absolute atomic E-state index is 12.8. The van der Waals surface area contributed by atoms with Crippen LogP contribution in [0.4, 0.5) is 11.5 Å².